The van der Waals surface area contributed by atoms with Gasteiger partial charge in [0.25, 0.3) is 10.2 Å². The van der Waals surface area contributed by atoms with Crippen LogP contribution in [0.5, 0.6) is 0 Å². The first-order valence-corrected chi connectivity index (χ1v) is 8.58. The van der Waals surface area contributed by atoms with Crippen LogP contribution in [0.3, 0.4) is 0 Å². The third-order valence-electron chi connectivity index (χ3n) is 3.51. The third kappa shape index (κ3) is 4.74. The van der Waals surface area contributed by atoms with Crippen LogP contribution in [-0.4, -0.2) is 49.9 Å². The zero-order valence-corrected chi connectivity index (χ0v) is 14.6. The van der Waals surface area contributed by atoms with Crippen molar-refractivity contribution >= 4 is 10.2 Å². The standard InChI is InChI=1S/C15H25FN2O3S/c1-12(2)17(4)22(19,20)18(13(3)11-21-5)10-14-7-6-8-15(16)9-14/h6-9,12-13H,10-11H2,1-5H3. The van der Waals surface area contributed by atoms with Gasteiger partial charge in [-0.1, -0.05) is 12.1 Å². The number of rotatable bonds is 8. The van der Waals surface area contributed by atoms with E-state index in [4.69, 9.17) is 4.74 Å². The zero-order valence-electron chi connectivity index (χ0n) is 13.8. The highest BCUT2D eigenvalue weighted by Gasteiger charge is 2.32. The highest BCUT2D eigenvalue weighted by Crippen LogP contribution is 2.18. The van der Waals surface area contributed by atoms with Crippen LogP contribution in [-0.2, 0) is 21.5 Å². The van der Waals surface area contributed by atoms with Crippen molar-refractivity contribution in [1.82, 2.24) is 8.61 Å². The van der Waals surface area contributed by atoms with Gasteiger partial charge in [0.05, 0.1) is 6.61 Å². The van der Waals surface area contributed by atoms with E-state index < -0.39 is 10.2 Å². The third-order valence-corrected chi connectivity index (χ3v) is 5.75. The first kappa shape index (κ1) is 19.0. The number of nitrogens with zero attached hydrogens (tertiary/aromatic N) is 2. The molecule has 0 aliphatic carbocycles. The number of ether oxygens (including phenoxy) is 1. The zero-order chi connectivity index (χ0) is 16.9. The van der Waals surface area contributed by atoms with Crippen molar-refractivity contribution in [3.8, 4) is 0 Å². The molecular weight excluding hydrogens is 307 g/mol. The summed E-state index contributed by atoms with van der Waals surface area (Å²) >= 11 is 0. The molecule has 0 heterocycles. The van der Waals surface area contributed by atoms with E-state index in [2.05, 4.69) is 0 Å². The summed E-state index contributed by atoms with van der Waals surface area (Å²) in [4.78, 5) is 0. The first-order chi connectivity index (χ1) is 10.2. The number of halogens is 1. The van der Waals surface area contributed by atoms with E-state index in [1.54, 1.807) is 32.9 Å². The van der Waals surface area contributed by atoms with Crippen LogP contribution in [0.1, 0.15) is 26.3 Å². The van der Waals surface area contributed by atoms with Crippen LogP contribution in [0.4, 0.5) is 4.39 Å². The Kier molecular flexibility index (Phi) is 6.93. The molecule has 7 heteroatoms. The lowest BCUT2D eigenvalue weighted by Gasteiger charge is -2.33. The predicted octanol–water partition coefficient (Wildman–Crippen LogP) is 2.25. The molecule has 22 heavy (non-hydrogen) atoms. The Hall–Kier alpha value is -1.02. The van der Waals surface area contributed by atoms with E-state index in [-0.39, 0.29) is 31.1 Å². The molecule has 0 fully saturated rings. The maximum Gasteiger partial charge on any atom is 0.282 e. The Morgan fingerprint density at radius 2 is 1.91 bits per heavy atom. The number of benzene rings is 1. The Morgan fingerprint density at radius 1 is 1.27 bits per heavy atom. The van der Waals surface area contributed by atoms with Crippen molar-refractivity contribution in [1.29, 1.82) is 0 Å². The second-order valence-corrected chi connectivity index (χ2v) is 7.54. The highest BCUT2D eigenvalue weighted by atomic mass is 32.2. The van der Waals surface area contributed by atoms with Gasteiger partial charge >= 0.3 is 0 Å². The highest BCUT2D eigenvalue weighted by molar-refractivity contribution is 7.86. The second kappa shape index (κ2) is 8.01. The molecule has 0 aliphatic rings. The summed E-state index contributed by atoms with van der Waals surface area (Å²) < 4.78 is 46.6. The molecule has 1 aromatic carbocycles. The topological polar surface area (TPSA) is 49.9 Å². The molecule has 0 N–H and O–H groups in total. The van der Waals surface area contributed by atoms with Gasteiger partial charge in [-0.2, -0.15) is 17.0 Å². The Morgan fingerprint density at radius 3 is 2.41 bits per heavy atom. The molecule has 0 spiro atoms. The summed E-state index contributed by atoms with van der Waals surface area (Å²) in [6.45, 7) is 5.74. The molecule has 126 valence electrons. The Bertz CT molecular complexity index is 578. The van der Waals surface area contributed by atoms with Crippen molar-refractivity contribution in [2.45, 2.75) is 39.4 Å². The van der Waals surface area contributed by atoms with Gasteiger partial charge in [-0.15, -0.1) is 0 Å². The first-order valence-electron chi connectivity index (χ1n) is 7.18. The maximum atomic E-state index is 13.3. The van der Waals surface area contributed by atoms with Gasteiger partial charge in [-0.25, -0.2) is 4.39 Å². The Labute approximate surface area is 132 Å². The molecule has 0 aromatic heterocycles. The van der Waals surface area contributed by atoms with Crippen molar-refractivity contribution in [3.63, 3.8) is 0 Å². The molecule has 1 unspecified atom stereocenters. The van der Waals surface area contributed by atoms with Gasteiger partial charge < -0.3 is 4.74 Å². The predicted molar refractivity (Wildman–Crippen MR) is 85.1 cm³/mol. The molecule has 1 aromatic rings. The number of hydrogen-bond donors (Lipinski definition) is 0. The molecule has 0 saturated carbocycles. The van der Waals surface area contributed by atoms with Crippen LogP contribution in [0, 0.1) is 5.82 Å². The normalized spacial score (nSPS) is 14.0. The molecule has 0 radical (unpaired) electrons. The minimum Gasteiger partial charge on any atom is -0.383 e. The summed E-state index contributed by atoms with van der Waals surface area (Å²) in [6, 6.07) is 5.43. The van der Waals surface area contributed by atoms with Gasteiger partial charge in [0.1, 0.15) is 5.82 Å². The SMILES string of the molecule is COCC(C)N(Cc1cccc(F)c1)S(=O)(=O)N(C)C(C)C. The molecule has 1 atom stereocenters. The molecule has 1 rings (SSSR count). The van der Waals surface area contributed by atoms with Crippen LogP contribution in [0.2, 0.25) is 0 Å². The summed E-state index contributed by atoms with van der Waals surface area (Å²) in [6.07, 6.45) is 0. The van der Waals surface area contributed by atoms with E-state index >= 15 is 0 Å². The van der Waals surface area contributed by atoms with Gasteiger partial charge in [0.2, 0.25) is 0 Å². The summed E-state index contributed by atoms with van der Waals surface area (Å²) in [5.74, 6) is -0.383. The molecule has 5 nitrogen and oxygen atoms in total. The molecule has 0 amide bonds. The van der Waals surface area contributed by atoms with Crippen LogP contribution in [0.25, 0.3) is 0 Å². The van der Waals surface area contributed by atoms with Crippen molar-refractivity contribution in [2.24, 2.45) is 0 Å². The smallest absolute Gasteiger partial charge is 0.282 e. The van der Waals surface area contributed by atoms with Gasteiger partial charge in [0, 0.05) is 32.8 Å². The van der Waals surface area contributed by atoms with Gasteiger partial charge in [-0.05, 0) is 38.5 Å². The van der Waals surface area contributed by atoms with Crippen LogP contribution >= 0.6 is 0 Å². The van der Waals surface area contributed by atoms with Crippen molar-refractivity contribution in [3.05, 3.63) is 35.6 Å². The molecule has 0 saturated heterocycles. The second-order valence-electron chi connectivity index (χ2n) is 5.60. The lowest BCUT2D eigenvalue weighted by Crippen LogP contribution is -2.49. The summed E-state index contributed by atoms with van der Waals surface area (Å²) in [5, 5.41) is 0. The minimum atomic E-state index is -3.67. The largest absolute Gasteiger partial charge is 0.383 e. The molecular formula is C15H25FN2O3S. The van der Waals surface area contributed by atoms with Crippen LogP contribution in [0.15, 0.2) is 24.3 Å². The van der Waals surface area contributed by atoms with Crippen molar-refractivity contribution in [2.75, 3.05) is 20.8 Å². The lowest BCUT2D eigenvalue weighted by atomic mass is 10.2. The van der Waals surface area contributed by atoms with E-state index in [1.165, 1.54) is 34.9 Å². The van der Waals surface area contributed by atoms with E-state index in [0.717, 1.165) is 0 Å². The quantitative estimate of drug-likeness (QED) is 0.734. The number of methoxy groups -OCH3 is 1. The van der Waals surface area contributed by atoms with Crippen molar-refractivity contribution < 1.29 is 17.5 Å². The average molecular weight is 332 g/mol. The summed E-state index contributed by atoms with van der Waals surface area (Å²) in [7, 11) is -0.605. The fraction of sp³-hybridized carbons (Fsp3) is 0.600. The fourth-order valence-electron chi connectivity index (χ4n) is 2.04. The fourth-order valence-corrected chi connectivity index (χ4v) is 3.73. The van der Waals surface area contributed by atoms with E-state index in [0.29, 0.717) is 5.56 Å². The van der Waals surface area contributed by atoms with Crippen LogP contribution < -0.4 is 0 Å². The molecule has 0 bridgehead atoms. The maximum absolute atomic E-state index is 13.3. The monoisotopic (exact) mass is 332 g/mol. The lowest BCUT2D eigenvalue weighted by molar-refractivity contribution is 0.134. The van der Waals surface area contributed by atoms with E-state index in [1.807, 2.05) is 0 Å². The minimum absolute atomic E-state index is 0.0989. The Balaban J connectivity index is 3.13. The molecule has 0 aliphatic heterocycles. The van der Waals surface area contributed by atoms with Gasteiger partial charge in [0.15, 0.2) is 0 Å². The van der Waals surface area contributed by atoms with E-state index in [9.17, 15) is 12.8 Å². The summed E-state index contributed by atoms with van der Waals surface area (Å²) in [5.41, 5.74) is 0.601. The average Bonchev–Trinajstić information content (AvgIpc) is 2.43. The van der Waals surface area contributed by atoms with Gasteiger partial charge in [-0.3, -0.25) is 0 Å². The number of hydrogen-bond acceptors (Lipinski definition) is 3.